The third-order valence-corrected chi connectivity index (χ3v) is 5.20. The van der Waals surface area contributed by atoms with E-state index < -0.39 is 29.9 Å². The fourth-order valence-electron chi connectivity index (χ4n) is 3.31. The molecular formula is C23H24N4O3. The molecule has 0 aliphatic carbocycles. The minimum absolute atomic E-state index is 0.0298. The number of benzene rings is 2. The third kappa shape index (κ3) is 4.03. The Hall–Kier alpha value is -3.66. The van der Waals surface area contributed by atoms with Gasteiger partial charge in [-0.05, 0) is 47.7 Å². The van der Waals surface area contributed by atoms with Crippen molar-refractivity contribution in [2.24, 2.45) is 0 Å². The molecule has 1 aliphatic heterocycles. The third-order valence-electron chi connectivity index (χ3n) is 5.20. The zero-order valence-corrected chi connectivity index (χ0v) is 17.4. The average molecular weight is 404 g/mol. The van der Waals surface area contributed by atoms with Crippen molar-refractivity contribution in [1.29, 1.82) is 5.26 Å². The van der Waals surface area contributed by atoms with Crippen LogP contribution in [0.1, 0.15) is 44.4 Å². The topological polar surface area (TPSA) is 102 Å². The summed E-state index contributed by atoms with van der Waals surface area (Å²) in [7, 11) is 0. The molecule has 1 aliphatic rings. The van der Waals surface area contributed by atoms with Crippen LogP contribution in [0.25, 0.3) is 0 Å². The second-order valence-electron chi connectivity index (χ2n) is 8.51. The van der Waals surface area contributed by atoms with Gasteiger partial charge in [-0.2, -0.15) is 5.26 Å². The normalized spacial score (nSPS) is 18.7. The molecule has 2 N–H and O–H groups in total. The van der Waals surface area contributed by atoms with Gasteiger partial charge in [-0.15, -0.1) is 0 Å². The van der Waals surface area contributed by atoms with Gasteiger partial charge in [0, 0.05) is 5.69 Å². The first-order chi connectivity index (χ1) is 14.0. The van der Waals surface area contributed by atoms with E-state index in [9.17, 15) is 14.4 Å². The Labute approximate surface area is 175 Å². The highest BCUT2D eigenvalue weighted by Crippen LogP contribution is 2.31. The minimum Gasteiger partial charge on any atom is -0.325 e. The lowest BCUT2D eigenvalue weighted by atomic mass is 9.84. The molecule has 1 atom stereocenters. The maximum atomic E-state index is 13.0. The van der Waals surface area contributed by atoms with Gasteiger partial charge in [0.15, 0.2) is 0 Å². The SMILES string of the molecule is CC(C)(C)c1ccc([C@]2(C)NC(=O)N(CC(=O)Nc3ccc(C#N)cc3)C2=O)cc1. The lowest BCUT2D eigenvalue weighted by Gasteiger charge is -2.24. The molecule has 154 valence electrons. The number of amides is 4. The van der Waals surface area contributed by atoms with Gasteiger partial charge in [-0.25, -0.2) is 4.79 Å². The van der Waals surface area contributed by atoms with Gasteiger partial charge in [-0.3, -0.25) is 14.5 Å². The molecule has 2 aromatic rings. The van der Waals surface area contributed by atoms with Crippen molar-refractivity contribution in [3.63, 3.8) is 0 Å². The van der Waals surface area contributed by atoms with Gasteiger partial charge in [-0.1, -0.05) is 45.0 Å². The number of hydrogen-bond donors (Lipinski definition) is 2. The van der Waals surface area contributed by atoms with Crippen LogP contribution in [0.2, 0.25) is 0 Å². The van der Waals surface area contributed by atoms with Crippen molar-refractivity contribution in [2.45, 2.75) is 38.6 Å². The molecule has 2 aromatic carbocycles. The summed E-state index contributed by atoms with van der Waals surface area (Å²) in [5.41, 5.74) is 1.45. The largest absolute Gasteiger partial charge is 0.325 e. The zero-order chi connectivity index (χ0) is 22.1. The van der Waals surface area contributed by atoms with Gasteiger partial charge in [0.2, 0.25) is 5.91 Å². The summed E-state index contributed by atoms with van der Waals surface area (Å²) >= 11 is 0. The van der Waals surface area contributed by atoms with E-state index in [1.54, 1.807) is 31.2 Å². The molecule has 1 saturated heterocycles. The Kier molecular flexibility index (Phi) is 5.36. The predicted octanol–water partition coefficient (Wildman–Crippen LogP) is 3.26. The summed E-state index contributed by atoms with van der Waals surface area (Å²) in [5, 5.41) is 14.2. The Bertz CT molecular complexity index is 1030. The van der Waals surface area contributed by atoms with Gasteiger partial charge in [0.25, 0.3) is 5.91 Å². The molecule has 7 nitrogen and oxygen atoms in total. The Morgan fingerprint density at radius 3 is 2.23 bits per heavy atom. The molecule has 3 rings (SSSR count). The predicted molar refractivity (Wildman–Crippen MR) is 113 cm³/mol. The van der Waals surface area contributed by atoms with Gasteiger partial charge in [0.1, 0.15) is 12.1 Å². The Morgan fingerprint density at radius 2 is 1.70 bits per heavy atom. The van der Waals surface area contributed by atoms with Crippen molar-refractivity contribution >= 4 is 23.5 Å². The number of anilines is 1. The fourth-order valence-corrected chi connectivity index (χ4v) is 3.31. The van der Waals surface area contributed by atoms with E-state index >= 15 is 0 Å². The van der Waals surface area contributed by atoms with E-state index in [1.807, 2.05) is 30.3 Å². The lowest BCUT2D eigenvalue weighted by molar-refractivity contribution is -0.133. The standard InChI is InChI=1S/C23H24N4O3/c1-22(2,3)16-7-9-17(10-8-16)23(4)20(29)27(21(30)26-23)14-19(28)25-18-11-5-15(13-24)6-12-18/h5-12H,14H2,1-4H3,(H,25,28)(H,26,30)/t23-/m0/s1. The van der Waals surface area contributed by atoms with Crippen molar-refractivity contribution in [3.8, 4) is 6.07 Å². The summed E-state index contributed by atoms with van der Waals surface area (Å²) in [6.07, 6.45) is 0. The maximum Gasteiger partial charge on any atom is 0.325 e. The van der Waals surface area contributed by atoms with Crippen LogP contribution in [0.3, 0.4) is 0 Å². The molecule has 30 heavy (non-hydrogen) atoms. The number of nitriles is 1. The molecule has 7 heteroatoms. The highest BCUT2D eigenvalue weighted by atomic mass is 16.2. The monoisotopic (exact) mass is 404 g/mol. The van der Waals surface area contributed by atoms with Crippen LogP contribution in [0.4, 0.5) is 10.5 Å². The molecular weight excluding hydrogens is 380 g/mol. The first kappa shape index (κ1) is 21.1. The van der Waals surface area contributed by atoms with Crippen molar-refractivity contribution in [1.82, 2.24) is 10.2 Å². The molecule has 0 radical (unpaired) electrons. The highest BCUT2D eigenvalue weighted by Gasteiger charge is 2.49. The quantitative estimate of drug-likeness (QED) is 0.764. The van der Waals surface area contributed by atoms with E-state index in [0.717, 1.165) is 10.5 Å². The van der Waals surface area contributed by atoms with Crippen molar-refractivity contribution in [2.75, 3.05) is 11.9 Å². The summed E-state index contributed by atoms with van der Waals surface area (Å²) in [4.78, 5) is 38.7. The molecule has 1 heterocycles. The fraction of sp³-hybridized carbons (Fsp3) is 0.304. The number of nitrogens with zero attached hydrogens (tertiary/aromatic N) is 2. The number of nitrogens with one attached hydrogen (secondary N) is 2. The molecule has 0 bridgehead atoms. The minimum atomic E-state index is -1.23. The second-order valence-corrected chi connectivity index (χ2v) is 8.51. The highest BCUT2D eigenvalue weighted by molar-refractivity contribution is 6.10. The van der Waals surface area contributed by atoms with E-state index in [2.05, 4.69) is 31.4 Å². The van der Waals surface area contributed by atoms with Crippen LogP contribution in [-0.4, -0.2) is 29.3 Å². The van der Waals surface area contributed by atoms with Crippen LogP contribution >= 0.6 is 0 Å². The number of hydrogen-bond acceptors (Lipinski definition) is 4. The summed E-state index contributed by atoms with van der Waals surface area (Å²) < 4.78 is 0. The number of carbonyl (C=O) groups is 3. The summed E-state index contributed by atoms with van der Waals surface area (Å²) in [6.45, 7) is 7.53. The van der Waals surface area contributed by atoms with Gasteiger partial charge < -0.3 is 10.6 Å². The molecule has 0 saturated carbocycles. The zero-order valence-electron chi connectivity index (χ0n) is 17.4. The molecule has 0 spiro atoms. The molecule has 1 fully saturated rings. The van der Waals surface area contributed by atoms with Crippen LogP contribution in [0, 0.1) is 11.3 Å². The lowest BCUT2D eigenvalue weighted by Crippen LogP contribution is -2.42. The Morgan fingerprint density at radius 1 is 1.10 bits per heavy atom. The van der Waals surface area contributed by atoms with E-state index in [0.29, 0.717) is 16.8 Å². The van der Waals surface area contributed by atoms with E-state index in [4.69, 9.17) is 5.26 Å². The van der Waals surface area contributed by atoms with E-state index in [-0.39, 0.29) is 5.41 Å². The summed E-state index contributed by atoms with van der Waals surface area (Å²) in [6, 6.07) is 15.3. The summed E-state index contributed by atoms with van der Waals surface area (Å²) in [5.74, 6) is -0.985. The van der Waals surface area contributed by atoms with Gasteiger partial charge >= 0.3 is 6.03 Å². The van der Waals surface area contributed by atoms with Crippen molar-refractivity contribution in [3.05, 3.63) is 65.2 Å². The second kappa shape index (κ2) is 7.64. The van der Waals surface area contributed by atoms with Crippen molar-refractivity contribution < 1.29 is 14.4 Å². The smallest absolute Gasteiger partial charge is 0.325 e. The number of urea groups is 1. The number of rotatable bonds is 4. The first-order valence-corrected chi connectivity index (χ1v) is 9.60. The molecule has 0 unspecified atom stereocenters. The molecule has 0 aromatic heterocycles. The Balaban J connectivity index is 1.73. The van der Waals surface area contributed by atoms with Gasteiger partial charge in [0.05, 0.1) is 11.6 Å². The van der Waals surface area contributed by atoms with Crippen LogP contribution < -0.4 is 10.6 Å². The van der Waals surface area contributed by atoms with Crippen LogP contribution in [-0.2, 0) is 20.5 Å². The number of carbonyl (C=O) groups excluding carboxylic acids is 3. The number of imide groups is 1. The molecule has 4 amide bonds. The maximum absolute atomic E-state index is 13.0. The van der Waals surface area contributed by atoms with Crippen LogP contribution in [0.15, 0.2) is 48.5 Å². The average Bonchev–Trinajstić information content (AvgIpc) is 2.92. The van der Waals surface area contributed by atoms with E-state index in [1.165, 1.54) is 0 Å². The first-order valence-electron chi connectivity index (χ1n) is 9.60. The van der Waals surface area contributed by atoms with Crippen LogP contribution in [0.5, 0.6) is 0 Å².